The second kappa shape index (κ2) is 10.4. The van der Waals surface area contributed by atoms with Gasteiger partial charge in [-0.15, -0.1) is 0 Å². The summed E-state index contributed by atoms with van der Waals surface area (Å²) in [7, 11) is 0.748. The number of nitrogens with zero attached hydrogens (tertiary/aromatic N) is 3. The van der Waals surface area contributed by atoms with E-state index < -0.39 is 24.9 Å². The number of anilines is 3. The molecule has 2 aliphatic rings. The first kappa shape index (κ1) is 25.7. The predicted molar refractivity (Wildman–Crippen MR) is 147 cm³/mol. The summed E-state index contributed by atoms with van der Waals surface area (Å²) in [6, 6.07) is 22.0. The van der Waals surface area contributed by atoms with Crippen molar-refractivity contribution in [1.82, 2.24) is 0 Å². The fourth-order valence-electron chi connectivity index (χ4n) is 5.26. The first-order valence-corrected chi connectivity index (χ1v) is 14.0. The molecule has 0 aromatic heterocycles. The minimum Gasteiger partial charge on any atom is -0.493 e. The van der Waals surface area contributed by atoms with E-state index in [4.69, 9.17) is 14.2 Å². The van der Waals surface area contributed by atoms with E-state index in [0.717, 1.165) is 22.7 Å². The summed E-state index contributed by atoms with van der Waals surface area (Å²) in [4.78, 5) is 28.6. The molecule has 0 bridgehead atoms. The summed E-state index contributed by atoms with van der Waals surface area (Å²) in [6.45, 7) is 1.01. The molecule has 3 aromatic rings. The SMILES string of the molecule is COc1cc(N2C(=O)CC(P3(=O)N(c4ccccc4)CCCN3c3ccccc3)C2=O)cc(OC)c1OC. The van der Waals surface area contributed by atoms with Crippen molar-refractivity contribution in [3.05, 3.63) is 72.8 Å². The molecule has 1 atom stereocenters. The van der Waals surface area contributed by atoms with Crippen LogP contribution in [0.4, 0.5) is 17.1 Å². The summed E-state index contributed by atoms with van der Waals surface area (Å²) in [5, 5.41) is 0. The summed E-state index contributed by atoms with van der Waals surface area (Å²) in [5.74, 6) is 0.0199. The van der Waals surface area contributed by atoms with Crippen LogP contribution in [0.25, 0.3) is 0 Å². The third kappa shape index (κ3) is 4.17. The molecule has 9 nitrogen and oxygen atoms in total. The minimum atomic E-state index is -3.66. The van der Waals surface area contributed by atoms with Gasteiger partial charge in [-0.1, -0.05) is 36.4 Å². The number of carbonyl (C=O) groups is 2. The van der Waals surface area contributed by atoms with E-state index in [1.807, 2.05) is 70.0 Å². The Kier molecular flexibility index (Phi) is 7.04. The van der Waals surface area contributed by atoms with Crippen LogP contribution in [-0.2, 0) is 14.2 Å². The van der Waals surface area contributed by atoms with Gasteiger partial charge in [0.2, 0.25) is 17.6 Å². The molecule has 0 saturated carbocycles. The zero-order chi connectivity index (χ0) is 26.9. The van der Waals surface area contributed by atoms with Crippen LogP contribution in [0.2, 0.25) is 0 Å². The largest absolute Gasteiger partial charge is 0.493 e. The fraction of sp³-hybridized carbons (Fsp3) is 0.286. The van der Waals surface area contributed by atoms with Crippen LogP contribution in [-0.4, -0.2) is 51.9 Å². The molecule has 0 N–H and O–H groups in total. The van der Waals surface area contributed by atoms with Gasteiger partial charge in [-0.05, 0) is 30.7 Å². The van der Waals surface area contributed by atoms with Gasteiger partial charge < -0.3 is 23.6 Å². The average Bonchev–Trinajstić information content (AvgIpc) is 3.27. The zero-order valence-corrected chi connectivity index (χ0v) is 22.5. The standard InChI is InChI=1S/C28H30N3O6P/c1-35-23-17-22(18-24(36-2)27(23)37-3)31-26(32)19-25(28(31)33)38(34)29(20-11-6-4-7-12-20)15-10-16-30(38)21-13-8-5-9-14-21/h4-9,11-14,17-18,25H,10,15-16,19H2,1-3H3. The summed E-state index contributed by atoms with van der Waals surface area (Å²) in [5.41, 5.74) is 0.721. The highest BCUT2D eigenvalue weighted by Crippen LogP contribution is 2.64. The summed E-state index contributed by atoms with van der Waals surface area (Å²) < 4.78 is 35.3. The second-order valence-electron chi connectivity index (χ2n) is 9.03. The number of carbonyl (C=O) groups excluding carboxylic acids is 2. The molecule has 10 heteroatoms. The predicted octanol–water partition coefficient (Wildman–Crippen LogP) is 4.95. The smallest absolute Gasteiger partial charge is 0.275 e. The van der Waals surface area contributed by atoms with Gasteiger partial charge in [-0.3, -0.25) is 14.2 Å². The number of benzene rings is 3. The lowest BCUT2D eigenvalue weighted by Crippen LogP contribution is -2.46. The normalized spacial score (nSPS) is 19.0. The van der Waals surface area contributed by atoms with Crippen LogP contribution >= 0.6 is 7.44 Å². The van der Waals surface area contributed by atoms with Gasteiger partial charge in [-0.25, -0.2) is 4.90 Å². The van der Waals surface area contributed by atoms with Crippen molar-refractivity contribution in [2.75, 3.05) is 48.7 Å². The van der Waals surface area contributed by atoms with Crippen molar-refractivity contribution in [2.24, 2.45) is 0 Å². The van der Waals surface area contributed by atoms with Gasteiger partial charge in [0.25, 0.3) is 7.44 Å². The monoisotopic (exact) mass is 535 g/mol. The Morgan fingerprint density at radius 2 is 1.24 bits per heavy atom. The van der Waals surface area contributed by atoms with E-state index in [2.05, 4.69) is 0 Å². The van der Waals surface area contributed by atoms with Crippen LogP contribution < -0.4 is 28.5 Å². The molecule has 3 aromatic carbocycles. The van der Waals surface area contributed by atoms with Gasteiger partial charge >= 0.3 is 0 Å². The highest BCUT2D eigenvalue weighted by molar-refractivity contribution is 7.69. The quantitative estimate of drug-likeness (QED) is 0.310. The molecule has 2 aliphatic heterocycles. The molecule has 0 spiro atoms. The Labute approximate surface area is 222 Å². The van der Waals surface area contributed by atoms with E-state index in [9.17, 15) is 9.59 Å². The highest BCUT2D eigenvalue weighted by Gasteiger charge is 2.56. The van der Waals surface area contributed by atoms with E-state index in [1.165, 1.54) is 21.3 Å². The maximum absolute atomic E-state index is 15.4. The number of amides is 2. The molecule has 38 heavy (non-hydrogen) atoms. The van der Waals surface area contributed by atoms with Crippen molar-refractivity contribution in [3.63, 3.8) is 0 Å². The molecule has 2 amide bonds. The third-order valence-electron chi connectivity index (χ3n) is 6.98. The maximum Gasteiger partial charge on any atom is 0.275 e. The Balaban J connectivity index is 1.62. The number of hydrogen-bond acceptors (Lipinski definition) is 6. The second-order valence-corrected chi connectivity index (χ2v) is 11.8. The summed E-state index contributed by atoms with van der Waals surface area (Å²) >= 11 is 0. The van der Waals surface area contributed by atoms with Crippen molar-refractivity contribution in [2.45, 2.75) is 18.5 Å². The molecule has 0 aliphatic carbocycles. The first-order chi connectivity index (χ1) is 18.4. The van der Waals surface area contributed by atoms with E-state index in [1.54, 1.807) is 12.1 Å². The van der Waals surface area contributed by atoms with Crippen molar-refractivity contribution in [3.8, 4) is 17.2 Å². The third-order valence-corrected chi connectivity index (χ3v) is 10.4. The first-order valence-electron chi connectivity index (χ1n) is 12.4. The van der Waals surface area contributed by atoms with Crippen LogP contribution in [0.5, 0.6) is 17.2 Å². The summed E-state index contributed by atoms with van der Waals surface area (Å²) in [6.07, 6.45) is 0.568. The fourth-order valence-corrected chi connectivity index (χ4v) is 8.77. The molecular formula is C28H30N3O6P. The maximum atomic E-state index is 15.4. The zero-order valence-electron chi connectivity index (χ0n) is 21.6. The number of imide groups is 1. The van der Waals surface area contributed by atoms with Gasteiger partial charge in [0, 0.05) is 43.0 Å². The average molecular weight is 536 g/mol. The Bertz CT molecular complexity index is 1310. The van der Waals surface area contributed by atoms with Crippen molar-refractivity contribution >= 4 is 36.3 Å². The molecule has 198 valence electrons. The number of rotatable bonds is 7. The van der Waals surface area contributed by atoms with Crippen molar-refractivity contribution < 1.29 is 28.4 Å². The molecule has 2 saturated heterocycles. The van der Waals surface area contributed by atoms with Gasteiger partial charge in [-0.2, -0.15) is 0 Å². The number of para-hydroxylation sites is 2. The van der Waals surface area contributed by atoms with Gasteiger partial charge in [0.05, 0.1) is 27.0 Å². The lowest BCUT2D eigenvalue weighted by molar-refractivity contribution is -0.121. The number of ether oxygens (including phenoxy) is 3. The Morgan fingerprint density at radius 1 is 0.737 bits per heavy atom. The van der Waals surface area contributed by atoms with Crippen LogP contribution in [0, 0.1) is 0 Å². The Hall–Kier alpha value is -3.97. The molecule has 1 unspecified atom stereocenters. The van der Waals surface area contributed by atoms with Crippen LogP contribution in [0.1, 0.15) is 12.8 Å². The van der Waals surface area contributed by atoms with E-state index >= 15 is 4.57 Å². The van der Waals surface area contributed by atoms with Gasteiger partial charge in [0.15, 0.2) is 11.5 Å². The lowest BCUT2D eigenvalue weighted by Gasteiger charge is -2.47. The molecular weight excluding hydrogens is 505 g/mol. The van der Waals surface area contributed by atoms with E-state index in [0.29, 0.717) is 30.3 Å². The minimum absolute atomic E-state index is 0.181. The molecule has 0 radical (unpaired) electrons. The molecule has 5 rings (SSSR count). The molecule has 2 fully saturated rings. The Morgan fingerprint density at radius 3 is 1.68 bits per heavy atom. The highest BCUT2D eigenvalue weighted by atomic mass is 31.2. The molecule has 2 heterocycles. The van der Waals surface area contributed by atoms with E-state index in [-0.39, 0.29) is 12.1 Å². The lowest BCUT2D eigenvalue weighted by atomic mass is 10.2. The topological polar surface area (TPSA) is 88.6 Å². The number of hydrogen-bond donors (Lipinski definition) is 0. The number of methoxy groups -OCH3 is 3. The van der Waals surface area contributed by atoms with Crippen LogP contribution in [0.3, 0.4) is 0 Å². The van der Waals surface area contributed by atoms with Crippen molar-refractivity contribution in [1.29, 1.82) is 0 Å². The van der Waals surface area contributed by atoms with Crippen LogP contribution in [0.15, 0.2) is 72.8 Å². The van der Waals surface area contributed by atoms with Gasteiger partial charge in [0.1, 0.15) is 5.66 Å².